The third kappa shape index (κ3) is 4.55. The number of fused-ring (bicyclic) bond motifs is 1. The minimum Gasteiger partial charge on any atom is -0.381 e. The zero-order valence-corrected chi connectivity index (χ0v) is 16.2. The number of guanidine groups is 1. The fraction of sp³-hybridized carbons (Fsp3) is 0.600. The molecule has 142 valence electrons. The van der Waals surface area contributed by atoms with Gasteiger partial charge in [0.05, 0.1) is 11.0 Å². The van der Waals surface area contributed by atoms with E-state index in [0.29, 0.717) is 0 Å². The van der Waals surface area contributed by atoms with E-state index < -0.39 is 0 Å². The third-order valence-electron chi connectivity index (χ3n) is 5.25. The Balaban J connectivity index is 1.49. The number of para-hydroxylation sites is 2. The van der Waals surface area contributed by atoms with Crippen LogP contribution in [0.3, 0.4) is 0 Å². The normalized spacial score (nSPS) is 16.2. The lowest BCUT2D eigenvalue weighted by Crippen LogP contribution is -2.41. The predicted molar refractivity (Wildman–Crippen MR) is 107 cm³/mol. The molecule has 1 saturated heterocycles. The van der Waals surface area contributed by atoms with Crippen LogP contribution in [0.2, 0.25) is 0 Å². The molecule has 0 atom stereocenters. The molecular formula is C20H31N5O. The molecule has 0 radical (unpaired) electrons. The molecule has 0 saturated carbocycles. The average molecular weight is 358 g/mol. The summed E-state index contributed by atoms with van der Waals surface area (Å²) in [5.41, 5.74) is 2.25. The van der Waals surface area contributed by atoms with Gasteiger partial charge in [-0.3, -0.25) is 4.99 Å². The number of ether oxygens (including phenoxy) is 1. The zero-order chi connectivity index (χ0) is 18.4. The highest BCUT2D eigenvalue weighted by Crippen LogP contribution is 2.18. The van der Waals surface area contributed by atoms with Crippen LogP contribution in [0.15, 0.2) is 29.3 Å². The Morgan fingerprint density at radius 3 is 2.88 bits per heavy atom. The standard InChI is InChI=1S/C20H31N5O/c1-16-23-18-6-4-5-7-19(18)25(16)13-11-22-20(21-2)24(3)12-8-17-9-14-26-15-10-17/h4-7,17H,8-15H2,1-3H3,(H,21,22). The van der Waals surface area contributed by atoms with Crippen molar-refractivity contribution in [1.29, 1.82) is 0 Å². The number of nitrogens with zero attached hydrogens (tertiary/aromatic N) is 4. The number of aromatic nitrogens is 2. The number of imidazole rings is 1. The summed E-state index contributed by atoms with van der Waals surface area (Å²) in [6, 6.07) is 8.29. The quantitative estimate of drug-likeness (QED) is 0.638. The summed E-state index contributed by atoms with van der Waals surface area (Å²) in [6.07, 6.45) is 3.57. The predicted octanol–water partition coefficient (Wildman–Crippen LogP) is 2.67. The minimum atomic E-state index is 0.782. The number of nitrogens with one attached hydrogen (secondary N) is 1. The Labute approximate surface area is 156 Å². The summed E-state index contributed by atoms with van der Waals surface area (Å²) >= 11 is 0. The van der Waals surface area contributed by atoms with Crippen LogP contribution in [0, 0.1) is 12.8 Å². The SMILES string of the molecule is CN=C(NCCn1c(C)nc2ccccc21)N(C)CCC1CCOCC1. The van der Waals surface area contributed by atoms with Crippen LogP contribution in [-0.4, -0.2) is 60.8 Å². The lowest BCUT2D eigenvalue weighted by atomic mass is 9.96. The van der Waals surface area contributed by atoms with Gasteiger partial charge in [0.15, 0.2) is 5.96 Å². The molecule has 6 heteroatoms. The summed E-state index contributed by atoms with van der Waals surface area (Å²) in [7, 11) is 3.97. The van der Waals surface area contributed by atoms with Crippen molar-refractivity contribution in [3.63, 3.8) is 0 Å². The van der Waals surface area contributed by atoms with E-state index in [-0.39, 0.29) is 0 Å². The van der Waals surface area contributed by atoms with Crippen LogP contribution >= 0.6 is 0 Å². The summed E-state index contributed by atoms with van der Waals surface area (Å²) in [4.78, 5) is 11.3. The Bertz CT molecular complexity index is 733. The van der Waals surface area contributed by atoms with Crippen LogP contribution < -0.4 is 5.32 Å². The van der Waals surface area contributed by atoms with Gasteiger partial charge in [-0.15, -0.1) is 0 Å². The second kappa shape index (κ2) is 9.03. The number of hydrogen-bond acceptors (Lipinski definition) is 3. The van der Waals surface area contributed by atoms with Crippen molar-refractivity contribution in [2.24, 2.45) is 10.9 Å². The maximum absolute atomic E-state index is 5.45. The van der Waals surface area contributed by atoms with Gasteiger partial charge < -0.3 is 19.5 Å². The van der Waals surface area contributed by atoms with Gasteiger partial charge in [-0.1, -0.05) is 12.1 Å². The van der Waals surface area contributed by atoms with Crippen molar-refractivity contribution in [2.75, 3.05) is 40.4 Å². The lowest BCUT2D eigenvalue weighted by molar-refractivity contribution is 0.0625. The summed E-state index contributed by atoms with van der Waals surface area (Å²) in [6.45, 7) is 6.62. The first-order valence-electron chi connectivity index (χ1n) is 9.60. The Hall–Kier alpha value is -2.08. The summed E-state index contributed by atoms with van der Waals surface area (Å²) in [5, 5.41) is 3.49. The monoisotopic (exact) mass is 357 g/mol. The van der Waals surface area contributed by atoms with Gasteiger partial charge in [0.2, 0.25) is 0 Å². The molecule has 26 heavy (non-hydrogen) atoms. The highest BCUT2D eigenvalue weighted by atomic mass is 16.5. The van der Waals surface area contributed by atoms with Gasteiger partial charge >= 0.3 is 0 Å². The molecule has 1 aliphatic heterocycles. The van der Waals surface area contributed by atoms with Gasteiger partial charge in [-0.25, -0.2) is 4.98 Å². The largest absolute Gasteiger partial charge is 0.381 e. The first-order valence-corrected chi connectivity index (χ1v) is 9.60. The van der Waals surface area contributed by atoms with E-state index in [0.717, 1.165) is 56.1 Å². The van der Waals surface area contributed by atoms with E-state index in [2.05, 4.69) is 56.9 Å². The molecule has 1 aromatic carbocycles. The molecule has 2 heterocycles. The van der Waals surface area contributed by atoms with E-state index in [1.165, 1.54) is 24.8 Å². The van der Waals surface area contributed by atoms with Crippen LogP contribution in [0.25, 0.3) is 11.0 Å². The number of benzene rings is 1. The van der Waals surface area contributed by atoms with Gasteiger partial charge in [0.25, 0.3) is 0 Å². The Morgan fingerprint density at radius 2 is 2.12 bits per heavy atom. The second-order valence-corrected chi connectivity index (χ2v) is 7.04. The number of aliphatic imine (C=N–C) groups is 1. The number of hydrogen-bond donors (Lipinski definition) is 1. The van der Waals surface area contributed by atoms with Crippen LogP contribution in [-0.2, 0) is 11.3 Å². The zero-order valence-electron chi connectivity index (χ0n) is 16.2. The molecule has 0 bridgehead atoms. The van der Waals surface area contributed by atoms with Crippen molar-refractivity contribution < 1.29 is 4.74 Å². The van der Waals surface area contributed by atoms with Crippen molar-refractivity contribution in [3.8, 4) is 0 Å². The molecule has 1 N–H and O–H groups in total. The molecule has 3 rings (SSSR count). The average Bonchev–Trinajstić information content (AvgIpc) is 2.99. The van der Waals surface area contributed by atoms with E-state index in [4.69, 9.17) is 4.74 Å². The maximum atomic E-state index is 5.45. The first-order chi connectivity index (χ1) is 12.7. The second-order valence-electron chi connectivity index (χ2n) is 7.04. The lowest BCUT2D eigenvalue weighted by Gasteiger charge is -2.27. The minimum absolute atomic E-state index is 0.782. The Morgan fingerprint density at radius 1 is 1.35 bits per heavy atom. The highest BCUT2D eigenvalue weighted by molar-refractivity contribution is 5.79. The number of rotatable bonds is 6. The molecule has 0 amide bonds. The Kier molecular flexibility index (Phi) is 6.50. The van der Waals surface area contributed by atoms with Crippen LogP contribution in [0.4, 0.5) is 0 Å². The third-order valence-corrected chi connectivity index (χ3v) is 5.25. The molecular weight excluding hydrogens is 326 g/mol. The molecule has 0 aliphatic carbocycles. The van der Waals surface area contributed by atoms with E-state index in [1.54, 1.807) is 0 Å². The summed E-state index contributed by atoms with van der Waals surface area (Å²) in [5.74, 6) is 2.79. The maximum Gasteiger partial charge on any atom is 0.193 e. The highest BCUT2D eigenvalue weighted by Gasteiger charge is 2.15. The molecule has 6 nitrogen and oxygen atoms in total. The number of aryl methyl sites for hydroxylation is 1. The fourth-order valence-corrected chi connectivity index (χ4v) is 3.66. The molecule has 0 unspecified atom stereocenters. The summed E-state index contributed by atoms with van der Waals surface area (Å²) < 4.78 is 7.71. The van der Waals surface area contributed by atoms with Crippen molar-refractivity contribution >= 4 is 17.0 Å². The van der Waals surface area contributed by atoms with Crippen molar-refractivity contribution in [2.45, 2.75) is 32.7 Å². The topological polar surface area (TPSA) is 54.7 Å². The van der Waals surface area contributed by atoms with Crippen LogP contribution in [0.1, 0.15) is 25.1 Å². The van der Waals surface area contributed by atoms with Gasteiger partial charge in [-0.2, -0.15) is 0 Å². The van der Waals surface area contributed by atoms with E-state index >= 15 is 0 Å². The molecule has 0 spiro atoms. The molecule has 1 aliphatic rings. The molecule has 1 aromatic heterocycles. The van der Waals surface area contributed by atoms with Gasteiger partial charge in [0, 0.05) is 46.9 Å². The van der Waals surface area contributed by atoms with Gasteiger partial charge in [0.1, 0.15) is 5.82 Å². The molecule has 1 fully saturated rings. The van der Waals surface area contributed by atoms with Crippen LogP contribution in [0.5, 0.6) is 0 Å². The van der Waals surface area contributed by atoms with E-state index in [9.17, 15) is 0 Å². The smallest absolute Gasteiger partial charge is 0.193 e. The van der Waals surface area contributed by atoms with E-state index in [1.807, 2.05) is 13.1 Å². The molecule has 2 aromatic rings. The fourth-order valence-electron chi connectivity index (χ4n) is 3.66. The van der Waals surface area contributed by atoms with Gasteiger partial charge in [-0.05, 0) is 44.2 Å². The van der Waals surface area contributed by atoms with Crippen molar-refractivity contribution in [3.05, 3.63) is 30.1 Å². The first kappa shape index (κ1) is 18.7. The van der Waals surface area contributed by atoms with Crippen molar-refractivity contribution in [1.82, 2.24) is 19.8 Å².